The molecule has 0 aromatic heterocycles. The minimum atomic E-state index is -0.190. The van der Waals surface area contributed by atoms with Crippen molar-refractivity contribution in [3.8, 4) is 0 Å². The van der Waals surface area contributed by atoms with Gasteiger partial charge in [0.05, 0.1) is 23.5 Å². The molecular weight excluding hydrogens is 407 g/mol. The largest absolute Gasteiger partial charge is 0.288 e. The van der Waals surface area contributed by atoms with Crippen molar-refractivity contribution in [3.63, 3.8) is 0 Å². The van der Waals surface area contributed by atoms with Crippen molar-refractivity contribution in [2.75, 3.05) is 0 Å². The fourth-order valence-electron chi connectivity index (χ4n) is 1.86. The summed E-state index contributed by atoms with van der Waals surface area (Å²) in [7, 11) is 0. The van der Waals surface area contributed by atoms with Crippen molar-refractivity contribution in [1.82, 2.24) is 0 Å². The third-order valence-electron chi connectivity index (χ3n) is 3.25. The number of hydrogen-bond donors (Lipinski definition) is 0. The van der Waals surface area contributed by atoms with Gasteiger partial charge >= 0.3 is 0 Å². The van der Waals surface area contributed by atoms with Gasteiger partial charge < -0.3 is 0 Å². The maximum atomic E-state index is 11.5. The van der Waals surface area contributed by atoms with E-state index in [0.717, 1.165) is 0 Å². The molecule has 2 aromatic rings. The van der Waals surface area contributed by atoms with Crippen LogP contribution >= 0.6 is 0 Å². The topological polar surface area (TPSA) is 58.9 Å². The summed E-state index contributed by atoms with van der Waals surface area (Å²) in [6.45, 7) is 11.8. The van der Waals surface area contributed by atoms with Crippen molar-refractivity contribution in [2.24, 2.45) is 9.98 Å². The zero-order valence-corrected chi connectivity index (χ0v) is 19.0. The van der Waals surface area contributed by atoms with E-state index in [-0.39, 0.29) is 39.4 Å². The van der Waals surface area contributed by atoms with Crippen molar-refractivity contribution in [3.05, 3.63) is 71.8 Å². The normalized spacial score (nSPS) is 11.5. The quantitative estimate of drug-likeness (QED) is 0.470. The molecule has 0 saturated heterocycles. The monoisotopic (exact) mass is 437 g/mol. The van der Waals surface area contributed by atoms with Gasteiger partial charge in [-0.2, -0.15) is 0 Å². The van der Waals surface area contributed by atoms with Gasteiger partial charge in [0.2, 0.25) is 11.6 Å². The van der Waals surface area contributed by atoms with Crippen LogP contribution in [0.15, 0.2) is 70.6 Å². The number of Topliss-reactive ketones (excluding diaryl/α,β-unsaturated/α-hetero) is 2. The van der Waals surface area contributed by atoms with Crippen LogP contribution < -0.4 is 0 Å². The van der Waals surface area contributed by atoms with Gasteiger partial charge in [0, 0.05) is 27.9 Å². The second kappa shape index (κ2) is 12.2. The number of benzene rings is 2. The van der Waals surface area contributed by atoms with Crippen molar-refractivity contribution >= 4 is 24.0 Å². The number of carbonyl (C=O) groups is 2. The Balaban J connectivity index is 0.000000523. The predicted molar refractivity (Wildman–Crippen MR) is 118 cm³/mol. The smallest absolute Gasteiger partial charge is 0.203 e. The molecule has 0 spiro atoms. The first-order chi connectivity index (χ1) is 13.0. The van der Waals surface area contributed by atoms with Crippen LogP contribution in [0.5, 0.6) is 0 Å². The Labute approximate surface area is 184 Å². The molecule has 1 radical (unpaired) electrons. The third kappa shape index (κ3) is 12.7. The van der Waals surface area contributed by atoms with Gasteiger partial charge in [-0.15, -0.1) is 0 Å². The molecule has 2 aromatic carbocycles. The summed E-state index contributed by atoms with van der Waals surface area (Å²) in [5, 5.41) is 0. The molecule has 0 bridgehead atoms. The van der Waals surface area contributed by atoms with Crippen LogP contribution in [0.3, 0.4) is 0 Å². The Bertz CT molecular complexity index is 744. The SMILES string of the molecule is CC(C)(C)N=CC(=O)c1ccccc1.CC(C)(C)N=CC(=O)c1ccccc1.[Co]. The average molecular weight is 437 g/mol. The molecule has 0 aliphatic heterocycles. The molecule has 4 nitrogen and oxygen atoms in total. The van der Waals surface area contributed by atoms with E-state index < -0.39 is 0 Å². The maximum Gasteiger partial charge on any atom is 0.203 e. The minimum absolute atomic E-state index is 0. The average Bonchev–Trinajstić information content (AvgIpc) is 2.65. The molecule has 0 aliphatic rings. The van der Waals surface area contributed by atoms with E-state index in [1.807, 2.05) is 77.9 Å². The molecule has 0 saturated carbocycles. The first-order valence-corrected chi connectivity index (χ1v) is 9.27. The third-order valence-corrected chi connectivity index (χ3v) is 3.25. The summed E-state index contributed by atoms with van der Waals surface area (Å²) in [6.07, 6.45) is 2.80. The molecule has 0 aliphatic carbocycles. The summed E-state index contributed by atoms with van der Waals surface area (Å²) in [5.74, 6) is -0.0824. The summed E-state index contributed by atoms with van der Waals surface area (Å²) < 4.78 is 0. The van der Waals surface area contributed by atoms with Gasteiger partial charge in [0.1, 0.15) is 0 Å². The summed E-state index contributed by atoms with van der Waals surface area (Å²) >= 11 is 0. The van der Waals surface area contributed by atoms with Crippen LogP contribution in [0, 0.1) is 0 Å². The van der Waals surface area contributed by atoms with Gasteiger partial charge in [-0.25, -0.2) is 0 Å². The van der Waals surface area contributed by atoms with Gasteiger partial charge in [0.15, 0.2) is 0 Å². The fourth-order valence-corrected chi connectivity index (χ4v) is 1.86. The van der Waals surface area contributed by atoms with E-state index in [9.17, 15) is 9.59 Å². The molecule has 157 valence electrons. The zero-order chi connectivity index (χ0) is 21.2. The summed E-state index contributed by atoms with van der Waals surface area (Å²) in [6, 6.07) is 18.3. The number of ketones is 2. The van der Waals surface area contributed by atoms with Crippen molar-refractivity contribution in [2.45, 2.75) is 52.6 Å². The number of rotatable bonds is 4. The summed E-state index contributed by atoms with van der Waals surface area (Å²) in [4.78, 5) is 31.4. The Morgan fingerprint density at radius 1 is 0.621 bits per heavy atom. The van der Waals surface area contributed by atoms with Gasteiger partial charge in [-0.3, -0.25) is 19.6 Å². The fraction of sp³-hybridized carbons (Fsp3) is 0.333. The number of nitrogens with zero attached hydrogens (tertiary/aromatic N) is 2. The molecule has 0 atom stereocenters. The van der Waals surface area contributed by atoms with Crippen LogP contribution in [0.4, 0.5) is 0 Å². The van der Waals surface area contributed by atoms with Crippen molar-refractivity contribution in [1.29, 1.82) is 0 Å². The standard InChI is InChI=1S/2C12H15NO.Co/c2*1-12(2,3)13-9-11(14)10-7-5-4-6-8-10;/h2*4-9H,1-3H3;. The van der Waals surface area contributed by atoms with E-state index in [2.05, 4.69) is 9.98 Å². The number of hydrogen-bond acceptors (Lipinski definition) is 4. The van der Waals surface area contributed by atoms with Crippen LogP contribution in [0.1, 0.15) is 62.3 Å². The number of aliphatic imine (C=N–C) groups is 2. The van der Waals surface area contributed by atoms with Gasteiger partial charge in [-0.1, -0.05) is 60.7 Å². The zero-order valence-electron chi connectivity index (χ0n) is 18.0. The first kappa shape index (κ1) is 26.6. The Morgan fingerprint density at radius 3 is 1.14 bits per heavy atom. The molecular formula is C24H30CoN2O2. The van der Waals surface area contributed by atoms with E-state index in [1.54, 1.807) is 24.3 Å². The van der Waals surface area contributed by atoms with Crippen molar-refractivity contribution < 1.29 is 26.4 Å². The van der Waals surface area contributed by atoms with E-state index in [0.29, 0.717) is 11.1 Å². The molecule has 0 amide bonds. The van der Waals surface area contributed by atoms with Gasteiger partial charge in [-0.05, 0) is 41.5 Å². The van der Waals surface area contributed by atoms with Crippen LogP contribution in [-0.2, 0) is 16.8 Å². The van der Waals surface area contributed by atoms with Crippen LogP contribution in [0.25, 0.3) is 0 Å². The molecule has 29 heavy (non-hydrogen) atoms. The molecule has 0 heterocycles. The summed E-state index contributed by atoms with van der Waals surface area (Å²) in [5.41, 5.74) is 0.982. The molecule has 5 heteroatoms. The maximum absolute atomic E-state index is 11.5. The molecule has 0 N–H and O–H groups in total. The Hall–Kier alpha value is -2.37. The Kier molecular flexibility index (Phi) is 11.2. The van der Waals surface area contributed by atoms with Gasteiger partial charge in [0.25, 0.3) is 0 Å². The Morgan fingerprint density at radius 2 is 0.897 bits per heavy atom. The molecule has 0 fully saturated rings. The molecule has 2 rings (SSSR count). The van der Waals surface area contributed by atoms with E-state index in [1.165, 1.54) is 12.4 Å². The minimum Gasteiger partial charge on any atom is -0.288 e. The van der Waals surface area contributed by atoms with E-state index >= 15 is 0 Å². The molecule has 0 unspecified atom stereocenters. The predicted octanol–water partition coefficient (Wildman–Crippen LogP) is 5.47. The second-order valence-electron chi connectivity index (χ2n) is 8.32. The van der Waals surface area contributed by atoms with Crippen LogP contribution in [-0.4, -0.2) is 35.1 Å². The number of carbonyl (C=O) groups excluding carboxylic acids is 2. The second-order valence-corrected chi connectivity index (χ2v) is 8.32. The first-order valence-electron chi connectivity index (χ1n) is 9.27. The van der Waals surface area contributed by atoms with Crippen LogP contribution in [0.2, 0.25) is 0 Å². The van der Waals surface area contributed by atoms with E-state index in [4.69, 9.17) is 0 Å².